The van der Waals surface area contributed by atoms with Crippen LogP contribution in [0.15, 0.2) is 30.6 Å². The highest BCUT2D eigenvalue weighted by molar-refractivity contribution is 5.90. The van der Waals surface area contributed by atoms with Gasteiger partial charge in [-0.05, 0) is 32.3 Å². The predicted molar refractivity (Wildman–Crippen MR) is 98.2 cm³/mol. The number of carbonyl (C=O) groups is 1. The van der Waals surface area contributed by atoms with Gasteiger partial charge in [0.15, 0.2) is 0 Å². The van der Waals surface area contributed by atoms with E-state index in [2.05, 4.69) is 31.4 Å². The molecule has 24 heavy (non-hydrogen) atoms. The van der Waals surface area contributed by atoms with Gasteiger partial charge in [-0.1, -0.05) is 0 Å². The molecule has 1 amide bonds. The van der Waals surface area contributed by atoms with Gasteiger partial charge in [-0.15, -0.1) is 0 Å². The molecule has 0 aliphatic rings. The predicted octanol–water partition coefficient (Wildman–Crippen LogP) is 1.79. The average Bonchev–Trinajstić information content (AvgIpc) is 2.91. The molecule has 2 aromatic rings. The van der Waals surface area contributed by atoms with Crippen LogP contribution >= 0.6 is 0 Å². The topological polar surface area (TPSA) is 86.2 Å². The molecule has 0 saturated carbocycles. The zero-order valence-corrected chi connectivity index (χ0v) is 14.6. The summed E-state index contributed by atoms with van der Waals surface area (Å²) in [7, 11) is 5.97. The second-order valence-corrected chi connectivity index (χ2v) is 5.78. The number of nitrogens with zero attached hydrogens (tertiary/aromatic N) is 3. The molecular formula is C16H25N7O. The van der Waals surface area contributed by atoms with Crippen LogP contribution in [0.25, 0.3) is 0 Å². The molecule has 0 bridgehead atoms. The molecule has 8 heteroatoms. The summed E-state index contributed by atoms with van der Waals surface area (Å²) in [6.45, 7) is 3.21. The van der Waals surface area contributed by atoms with Crippen molar-refractivity contribution in [3.05, 3.63) is 30.6 Å². The molecule has 1 heterocycles. The third-order valence-corrected chi connectivity index (χ3v) is 3.34. The number of nitrogens with one attached hydrogen (secondary N) is 4. The van der Waals surface area contributed by atoms with E-state index >= 15 is 0 Å². The van der Waals surface area contributed by atoms with Crippen LogP contribution in [0.4, 0.5) is 23.0 Å². The number of amides is 1. The summed E-state index contributed by atoms with van der Waals surface area (Å²) in [5.41, 5.74) is 8.70. The number of hydrogen-bond donors (Lipinski definition) is 4. The summed E-state index contributed by atoms with van der Waals surface area (Å²) in [5, 5.41) is 6.17. The Morgan fingerprint density at radius 3 is 2.67 bits per heavy atom. The zero-order chi connectivity index (χ0) is 17.5. The lowest BCUT2D eigenvalue weighted by atomic mass is 10.2. The van der Waals surface area contributed by atoms with Gasteiger partial charge >= 0.3 is 0 Å². The Bertz CT molecular complexity index is 681. The van der Waals surface area contributed by atoms with Crippen molar-refractivity contribution in [1.29, 1.82) is 0 Å². The Morgan fingerprint density at radius 2 is 2.04 bits per heavy atom. The Labute approximate surface area is 142 Å². The van der Waals surface area contributed by atoms with E-state index in [0.717, 1.165) is 30.2 Å². The van der Waals surface area contributed by atoms with Crippen LogP contribution < -0.4 is 21.5 Å². The Morgan fingerprint density at radius 1 is 1.25 bits per heavy atom. The summed E-state index contributed by atoms with van der Waals surface area (Å²) in [6.07, 6.45) is 3.57. The molecule has 0 saturated heterocycles. The minimum atomic E-state index is -0.105. The van der Waals surface area contributed by atoms with Crippen LogP contribution in [0, 0.1) is 0 Å². The third-order valence-electron chi connectivity index (χ3n) is 3.34. The second kappa shape index (κ2) is 8.21. The quantitative estimate of drug-likeness (QED) is 0.552. The summed E-state index contributed by atoms with van der Waals surface area (Å²) in [4.78, 5) is 17.6. The molecule has 0 radical (unpaired) electrons. The van der Waals surface area contributed by atoms with Gasteiger partial charge in [0.25, 0.3) is 0 Å². The summed E-state index contributed by atoms with van der Waals surface area (Å²) in [5.74, 6) is 0.588. The van der Waals surface area contributed by atoms with Crippen molar-refractivity contribution in [1.82, 2.24) is 14.5 Å². The molecule has 0 fully saturated rings. The number of carbonyl (C=O) groups excluding carboxylic acids is 1. The standard InChI is InChI=1S/C16H25N7O/c1-12(24)19-13-5-6-14(17-7-9-22(2)3)15(11-13)20-21-16-18-8-10-23(16)4/h5-6,8,10-11,17,20H,7,9H2,1-4H3,(H,18,21)(H,19,24). The van der Waals surface area contributed by atoms with Crippen molar-refractivity contribution in [2.24, 2.45) is 7.05 Å². The van der Waals surface area contributed by atoms with Crippen molar-refractivity contribution < 1.29 is 4.79 Å². The van der Waals surface area contributed by atoms with Gasteiger partial charge in [-0.2, -0.15) is 0 Å². The maximum atomic E-state index is 11.3. The minimum absolute atomic E-state index is 0.105. The SMILES string of the molecule is CC(=O)Nc1ccc(NCCN(C)C)c(NNc2nccn2C)c1. The van der Waals surface area contributed by atoms with E-state index in [4.69, 9.17) is 0 Å². The number of rotatable bonds is 8. The number of imidazole rings is 1. The Balaban J connectivity index is 2.12. The van der Waals surface area contributed by atoms with Crippen molar-refractivity contribution in [2.45, 2.75) is 6.92 Å². The number of aromatic nitrogens is 2. The summed E-state index contributed by atoms with van der Waals surface area (Å²) >= 11 is 0. The van der Waals surface area contributed by atoms with E-state index in [9.17, 15) is 4.79 Å². The molecule has 130 valence electrons. The number of hydrogen-bond acceptors (Lipinski definition) is 6. The van der Waals surface area contributed by atoms with E-state index in [1.54, 1.807) is 6.20 Å². The summed E-state index contributed by atoms with van der Waals surface area (Å²) in [6, 6.07) is 5.67. The highest BCUT2D eigenvalue weighted by atomic mass is 16.1. The van der Waals surface area contributed by atoms with Gasteiger partial charge in [-0.3, -0.25) is 15.6 Å². The first-order valence-electron chi connectivity index (χ1n) is 7.75. The minimum Gasteiger partial charge on any atom is -0.382 e. The smallest absolute Gasteiger partial charge is 0.221 e. The fourth-order valence-electron chi connectivity index (χ4n) is 2.11. The van der Waals surface area contributed by atoms with Gasteiger partial charge < -0.3 is 20.1 Å². The fraction of sp³-hybridized carbons (Fsp3) is 0.375. The van der Waals surface area contributed by atoms with Gasteiger partial charge in [0, 0.05) is 45.1 Å². The number of benzene rings is 1. The number of anilines is 4. The maximum absolute atomic E-state index is 11.3. The molecule has 8 nitrogen and oxygen atoms in total. The van der Waals surface area contributed by atoms with E-state index in [-0.39, 0.29) is 5.91 Å². The van der Waals surface area contributed by atoms with Crippen LogP contribution in [0.5, 0.6) is 0 Å². The van der Waals surface area contributed by atoms with Gasteiger partial charge in [0.2, 0.25) is 11.9 Å². The van der Waals surface area contributed by atoms with E-state index in [1.807, 2.05) is 50.1 Å². The van der Waals surface area contributed by atoms with Gasteiger partial charge in [0.1, 0.15) is 0 Å². The van der Waals surface area contributed by atoms with Crippen molar-refractivity contribution in [3.8, 4) is 0 Å². The fourth-order valence-corrected chi connectivity index (χ4v) is 2.11. The normalized spacial score (nSPS) is 10.5. The molecule has 4 N–H and O–H groups in total. The lowest BCUT2D eigenvalue weighted by Gasteiger charge is -2.17. The molecule has 1 aromatic carbocycles. The van der Waals surface area contributed by atoms with Crippen LogP contribution in [0.3, 0.4) is 0 Å². The van der Waals surface area contributed by atoms with E-state index in [0.29, 0.717) is 5.95 Å². The third kappa shape index (κ3) is 5.17. The molecule has 1 aromatic heterocycles. The molecule has 0 atom stereocenters. The second-order valence-electron chi connectivity index (χ2n) is 5.78. The monoisotopic (exact) mass is 331 g/mol. The maximum Gasteiger partial charge on any atom is 0.221 e. The largest absolute Gasteiger partial charge is 0.382 e. The molecule has 2 rings (SSSR count). The number of aryl methyl sites for hydroxylation is 1. The van der Waals surface area contributed by atoms with Crippen LogP contribution in [0.2, 0.25) is 0 Å². The van der Waals surface area contributed by atoms with E-state index < -0.39 is 0 Å². The van der Waals surface area contributed by atoms with Crippen molar-refractivity contribution in [2.75, 3.05) is 48.7 Å². The van der Waals surface area contributed by atoms with Crippen molar-refractivity contribution >= 4 is 28.9 Å². The number of likely N-dealkylation sites (N-methyl/N-ethyl adjacent to an activating group) is 1. The first-order valence-corrected chi connectivity index (χ1v) is 7.75. The average molecular weight is 331 g/mol. The molecule has 0 spiro atoms. The van der Waals surface area contributed by atoms with Crippen LogP contribution in [-0.2, 0) is 11.8 Å². The highest BCUT2D eigenvalue weighted by Crippen LogP contribution is 2.26. The molecule has 0 aliphatic heterocycles. The van der Waals surface area contributed by atoms with Crippen LogP contribution in [0.1, 0.15) is 6.92 Å². The molecule has 0 unspecified atom stereocenters. The van der Waals surface area contributed by atoms with Crippen LogP contribution in [-0.4, -0.2) is 47.5 Å². The molecular weight excluding hydrogens is 306 g/mol. The Hall–Kier alpha value is -2.74. The lowest BCUT2D eigenvalue weighted by Crippen LogP contribution is -2.22. The number of hydrazine groups is 1. The van der Waals surface area contributed by atoms with E-state index in [1.165, 1.54) is 6.92 Å². The Kier molecular flexibility index (Phi) is 6.02. The zero-order valence-electron chi connectivity index (χ0n) is 14.6. The lowest BCUT2D eigenvalue weighted by molar-refractivity contribution is -0.114. The highest BCUT2D eigenvalue weighted by Gasteiger charge is 2.06. The molecule has 0 aliphatic carbocycles. The first-order chi connectivity index (χ1) is 11.5. The van der Waals surface area contributed by atoms with Gasteiger partial charge in [0.05, 0.1) is 11.4 Å². The van der Waals surface area contributed by atoms with Crippen molar-refractivity contribution in [3.63, 3.8) is 0 Å². The summed E-state index contributed by atoms with van der Waals surface area (Å²) < 4.78 is 1.86. The van der Waals surface area contributed by atoms with Gasteiger partial charge in [-0.25, -0.2) is 4.98 Å². The first kappa shape index (κ1) is 17.6.